The predicted octanol–water partition coefficient (Wildman–Crippen LogP) is 7.82. The molecule has 298 valence electrons. The van der Waals surface area contributed by atoms with E-state index in [0.717, 1.165) is 110 Å². The second kappa shape index (κ2) is 15.4. The number of piperidine rings is 1. The third-order valence-electron chi connectivity index (χ3n) is 12.4. The summed E-state index contributed by atoms with van der Waals surface area (Å²) in [5.74, 6) is 3.73. The number of hydrogen-bond donors (Lipinski definition) is 1. The van der Waals surface area contributed by atoms with Crippen LogP contribution in [-0.2, 0) is 0 Å². The Kier molecular flexibility index (Phi) is 10.1. The van der Waals surface area contributed by atoms with Crippen molar-refractivity contribution in [3.05, 3.63) is 98.3 Å². The minimum atomic E-state index is -0.207. The Morgan fingerprint density at radius 3 is 2.40 bits per heavy atom. The van der Waals surface area contributed by atoms with Gasteiger partial charge in [-0.15, -0.1) is 31.7 Å². The molecule has 2 saturated carbocycles. The molecule has 1 atom stereocenters. The van der Waals surface area contributed by atoms with E-state index in [1.54, 1.807) is 35.6 Å². The first-order chi connectivity index (χ1) is 28.1. The van der Waals surface area contributed by atoms with Crippen LogP contribution in [0.4, 0.5) is 5.82 Å². The molecular weight excluding hydrogens is 772 g/mol. The van der Waals surface area contributed by atoms with E-state index in [0.29, 0.717) is 22.0 Å². The molecule has 1 spiro atoms. The van der Waals surface area contributed by atoms with E-state index in [2.05, 4.69) is 62.0 Å². The second-order valence-electron chi connectivity index (χ2n) is 16.2. The fourth-order valence-corrected chi connectivity index (χ4v) is 10.3. The number of aryl methyl sites for hydroxylation is 2. The van der Waals surface area contributed by atoms with Gasteiger partial charge in [-0.1, -0.05) is 11.6 Å². The van der Waals surface area contributed by atoms with Crippen molar-refractivity contribution in [1.82, 2.24) is 35.3 Å². The number of nitrogens with zero attached hydrogens (tertiary/aromatic N) is 9. The number of pyridine rings is 1. The minimum absolute atomic E-state index is 0.0333. The molecular formula is C43H45ClN10O3S. The number of carbonyl (C=O) groups is 1. The molecule has 0 bridgehead atoms. The van der Waals surface area contributed by atoms with Crippen molar-refractivity contribution in [2.24, 2.45) is 10.4 Å². The van der Waals surface area contributed by atoms with Gasteiger partial charge in [0.25, 0.3) is 5.91 Å². The van der Waals surface area contributed by atoms with Crippen molar-refractivity contribution >= 4 is 40.4 Å². The van der Waals surface area contributed by atoms with Gasteiger partial charge in [-0.3, -0.25) is 19.3 Å². The molecule has 4 aromatic heterocycles. The molecule has 1 saturated heterocycles. The van der Waals surface area contributed by atoms with Gasteiger partial charge in [-0.25, -0.2) is 0 Å². The topological polar surface area (TPSA) is 156 Å². The number of hydrogen-bond acceptors (Lipinski definition) is 12. The van der Waals surface area contributed by atoms with Gasteiger partial charge in [-0.2, -0.15) is 5.26 Å². The Morgan fingerprint density at radius 1 is 0.948 bits per heavy atom. The van der Waals surface area contributed by atoms with E-state index in [9.17, 15) is 4.79 Å². The number of aromatic nitrogens is 6. The van der Waals surface area contributed by atoms with E-state index in [-0.39, 0.29) is 35.6 Å². The first kappa shape index (κ1) is 38.1. The zero-order chi connectivity index (χ0) is 40.1. The predicted molar refractivity (Wildman–Crippen MR) is 222 cm³/mol. The van der Waals surface area contributed by atoms with Crippen LogP contribution in [0.1, 0.15) is 114 Å². The maximum atomic E-state index is 13.0. The normalized spacial score (nSPS) is 21.2. The number of thiophene rings is 1. The van der Waals surface area contributed by atoms with Crippen LogP contribution in [0.5, 0.6) is 11.5 Å². The van der Waals surface area contributed by atoms with Gasteiger partial charge in [-0.05, 0) is 126 Å². The maximum Gasteiger partial charge on any atom is 0.272 e. The molecule has 5 aromatic rings. The molecule has 1 N–H and O–H groups in total. The highest BCUT2D eigenvalue weighted by Gasteiger charge is 2.47. The second-order valence-corrected chi connectivity index (χ2v) is 17.8. The van der Waals surface area contributed by atoms with Crippen LogP contribution in [0, 0.1) is 37.5 Å². The summed E-state index contributed by atoms with van der Waals surface area (Å²) < 4.78 is 14.7. The van der Waals surface area contributed by atoms with E-state index >= 15 is 0 Å². The smallest absolute Gasteiger partial charge is 0.272 e. The van der Waals surface area contributed by atoms with Crippen LogP contribution in [-0.4, -0.2) is 72.9 Å². The number of anilines is 1. The zero-order valence-electron chi connectivity index (χ0n) is 33.0. The number of benzene rings is 1. The number of ether oxygens (including phenoxy) is 2. The largest absolute Gasteiger partial charge is 0.490 e. The average molecular weight is 817 g/mol. The number of rotatable bonds is 8. The van der Waals surface area contributed by atoms with Crippen molar-refractivity contribution in [3.63, 3.8) is 0 Å². The van der Waals surface area contributed by atoms with Crippen molar-refractivity contribution in [2.45, 2.75) is 103 Å². The highest BCUT2D eigenvalue weighted by molar-refractivity contribution is 7.15. The van der Waals surface area contributed by atoms with Crippen molar-refractivity contribution < 1.29 is 14.3 Å². The van der Waals surface area contributed by atoms with Crippen molar-refractivity contribution in [2.75, 3.05) is 18.0 Å². The number of carbonyl (C=O) groups excluding carboxylic acids is 1. The first-order valence-corrected chi connectivity index (χ1v) is 21.3. The van der Waals surface area contributed by atoms with Gasteiger partial charge < -0.3 is 19.7 Å². The molecule has 2 aliphatic carbocycles. The summed E-state index contributed by atoms with van der Waals surface area (Å²) in [5.41, 5.74) is 5.03. The van der Waals surface area contributed by atoms with E-state index in [1.807, 2.05) is 31.3 Å². The van der Waals surface area contributed by atoms with E-state index in [4.69, 9.17) is 36.3 Å². The molecule has 1 amide bonds. The Morgan fingerprint density at radius 2 is 1.71 bits per heavy atom. The summed E-state index contributed by atoms with van der Waals surface area (Å²) in [7, 11) is 0. The Bertz CT molecular complexity index is 2420. The third-order valence-corrected chi connectivity index (χ3v) is 13.9. The lowest BCUT2D eigenvalue weighted by Gasteiger charge is -2.51. The number of fused-ring (bicyclic) bond motifs is 3. The SMILES string of the molecule is Cc1sc2c(c1C)C(c1ccc(OC3CC4(CCN(c5ccc(C(=O)NC6CCC(Oc7ccc(C#N)c(Cl)c7)CC6)nn5)CC4)C3)cn1)=N[C@@H](C)c1nnc(C)n1-2. The number of halogens is 1. The Hall–Kier alpha value is -5.39. The fraction of sp³-hybridized carbons (Fsp3) is 0.442. The molecule has 0 unspecified atom stereocenters. The van der Waals surface area contributed by atoms with Crippen LogP contribution >= 0.6 is 22.9 Å². The summed E-state index contributed by atoms with van der Waals surface area (Å²) in [6.07, 6.45) is 9.40. The summed E-state index contributed by atoms with van der Waals surface area (Å²) in [4.78, 5) is 26.6. The molecule has 58 heavy (non-hydrogen) atoms. The molecule has 2 aliphatic heterocycles. The van der Waals surface area contributed by atoms with Gasteiger partial charge in [0.2, 0.25) is 0 Å². The number of amides is 1. The molecule has 6 heterocycles. The lowest BCUT2D eigenvalue weighted by atomic mass is 9.61. The van der Waals surface area contributed by atoms with Gasteiger partial charge in [0.1, 0.15) is 34.4 Å². The molecule has 0 radical (unpaired) electrons. The first-order valence-electron chi connectivity index (χ1n) is 20.1. The summed E-state index contributed by atoms with van der Waals surface area (Å²) in [6.45, 7) is 10.1. The van der Waals surface area contributed by atoms with Crippen LogP contribution < -0.4 is 19.7 Å². The van der Waals surface area contributed by atoms with Crippen molar-refractivity contribution in [1.29, 1.82) is 5.26 Å². The molecule has 4 aliphatic rings. The van der Waals surface area contributed by atoms with Crippen LogP contribution in [0.3, 0.4) is 0 Å². The minimum Gasteiger partial charge on any atom is -0.490 e. The fourth-order valence-electron chi connectivity index (χ4n) is 8.90. The summed E-state index contributed by atoms with van der Waals surface area (Å²) >= 11 is 7.91. The lowest BCUT2D eigenvalue weighted by Crippen LogP contribution is -2.51. The van der Waals surface area contributed by atoms with Gasteiger partial charge in [0, 0.05) is 35.6 Å². The standard InChI is InChI=1S/C43H45ClN10O3S/c1-24-26(3)58-42-38(24)39(47-25(2)40-52-49-27(4)54(40)42)35-12-11-32(23-46-35)57-33-20-43(21-33)15-17-53(18-16-43)37-14-13-36(50-51-37)41(55)48-29-6-9-30(10-7-29)56-31-8-5-28(22-45)34(44)19-31/h5,8,11-14,19,23,25,29-30,33H,6-7,9-10,15-18,20-21H2,1-4H3,(H,48,55)/t25-,29?,30?/m0/s1. The highest BCUT2D eigenvalue weighted by Crippen LogP contribution is 2.50. The van der Waals surface area contributed by atoms with E-state index in [1.165, 1.54) is 10.4 Å². The van der Waals surface area contributed by atoms with Gasteiger partial charge in [0.15, 0.2) is 17.3 Å². The van der Waals surface area contributed by atoms with Crippen LogP contribution in [0.15, 0.2) is 53.7 Å². The summed E-state index contributed by atoms with van der Waals surface area (Å²) in [6, 6.07) is 14.8. The van der Waals surface area contributed by atoms with Gasteiger partial charge in [0.05, 0.1) is 40.4 Å². The third kappa shape index (κ3) is 7.30. The molecule has 13 nitrogen and oxygen atoms in total. The average Bonchev–Trinajstić information content (AvgIpc) is 3.71. The highest BCUT2D eigenvalue weighted by atomic mass is 35.5. The van der Waals surface area contributed by atoms with E-state index < -0.39 is 0 Å². The molecule has 9 rings (SSSR count). The monoisotopic (exact) mass is 816 g/mol. The van der Waals surface area contributed by atoms with Gasteiger partial charge >= 0.3 is 0 Å². The Balaban J connectivity index is 0.738. The van der Waals surface area contributed by atoms with Crippen LogP contribution in [0.2, 0.25) is 5.02 Å². The lowest BCUT2D eigenvalue weighted by molar-refractivity contribution is -0.0312. The quantitative estimate of drug-likeness (QED) is 0.164. The number of nitrogens with one attached hydrogen (secondary N) is 1. The van der Waals surface area contributed by atoms with Crippen molar-refractivity contribution in [3.8, 4) is 22.6 Å². The number of nitriles is 1. The maximum absolute atomic E-state index is 13.0. The number of aliphatic imine (C=N–C) groups is 1. The molecule has 15 heteroatoms. The molecule has 3 fully saturated rings. The summed E-state index contributed by atoms with van der Waals surface area (Å²) in [5, 5.41) is 31.3. The zero-order valence-corrected chi connectivity index (χ0v) is 34.6. The van der Waals surface area contributed by atoms with Crippen LogP contribution in [0.25, 0.3) is 5.00 Å². The Labute approximate surface area is 346 Å². The molecule has 1 aromatic carbocycles.